The Labute approximate surface area is 59.1 Å². The van der Waals surface area contributed by atoms with Crippen LogP contribution in [0, 0.1) is 0 Å². The van der Waals surface area contributed by atoms with Crippen molar-refractivity contribution in [1.82, 2.24) is 0 Å². The van der Waals surface area contributed by atoms with Gasteiger partial charge >= 0.3 is 5.97 Å². The van der Waals surface area contributed by atoms with Gasteiger partial charge in [0.1, 0.15) is 0 Å². The molecule has 0 heterocycles. The monoisotopic (exact) mass is 146 g/mol. The third kappa shape index (κ3) is 3.09. The maximum Gasteiger partial charge on any atom is 0.375 e. The van der Waals surface area contributed by atoms with Crippen LogP contribution in [0.3, 0.4) is 0 Å². The van der Waals surface area contributed by atoms with E-state index in [-0.39, 0.29) is 5.76 Å². The van der Waals surface area contributed by atoms with E-state index in [2.05, 4.69) is 16.1 Å². The van der Waals surface area contributed by atoms with E-state index in [1.165, 1.54) is 0 Å². The third-order valence-corrected chi connectivity index (χ3v) is 0.742. The molecule has 0 spiro atoms. The van der Waals surface area contributed by atoms with Crippen LogP contribution in [0.25, 0.3) is 0 Å². The van der Waals surface area contributed by atoms with Gasteiger partial charge in [-0.1, -0.05) is 0 Å². The van der Waals surface area contributed by atoms with Crippen LogP contribution in [0.5, 0.6) is 0 Å². The van der Waals surface area contributed by atoms with E-state index in [1.54, 1.807) is 6.92 Å². The van der Waals surface area contributed by atoms with Crippen molar-refractivity contribution in [3.63, 3.8) is 0 Å². The smallest absolute Gasteiger partial charge is 0.375 e. The predicted molar refractivity (Wildman–Crippen MR) is 33.9 cm³/mol. The van der Waals surface area contributed by atoms with Crippen LogP contribution in [0.4, 0.5) is 0 Å². The first-order chi connectivity index (χ1) is 4.72. The molecule has 10 heavy (non-hydrogen) atoms. The molecule has 0 aliphatic carbocycles. The molecular weight excluding hydrogens is 136 g/mol. The van der Waals surface area contributed by atoms with Gasteiger partial charge in [-0.2, -0.15) is 0 Å². The molecule has 0 aromatic rings. The molecule has 4 nitrogen and oxygen atoms in total. The van der Waals surface area contributed by atoms with E-state index in [4.69, 9.17) is 5.11 Å². The minimum Gasteiger partial charge on any atom is -0.487 e. The van der Waals surface area contributed by atoms with Crippen molar-refractivity contribution in [3.05, 3.63) is 12.3 Å². The average Bonchev–Trinajstić information content (AvgIpc) is 1.89. The second-order valence-electron chi connectivity index (χ2n) is 1.42. The van der Waals surface area contributed by atoms with Gasteiger partial charge in [-0.15, -0.1) is 0 Å². The first-order valence-corrected chi connectivity index (χ1v) is 2.82. The Morgan fingerprint density at radius 1 is 1.60 bits per heavy atom. The highest BCUT2D eigenvalue weighted by molar-refractivity contribution is 5.85. The summed E-state index contributed by atoms with van der Waals surface area (Å²) in [6, 6.07) is 0. The van der Waals surface area contributed by atoms with E-state index in [0.29, 0.717) is 6.61 Å². The summed E-state index contributed by atoms with van der Waals surface area (Å²) in [4.78, 5) is 10.5. The Hall–Kier alpha value is -1.03. The molecule has 0 aromatic carbocycles. The van der Waals surface area contributed by atoms with Gasteiger partial charge in [0.2, 0.25) is 0 Å². The number of carbonyl (C=O) groups is 1. The molecule has 0 radical (unpaired) electrons. The second kappa shape index (κ2) is 4.81. The second-order valence-corrected chi connectivity index (χ2v) is 1.42. The van der Waals surface area contributed by atoms with Crippen molar-refractivity contribution < 1.29 is 19.4 Å². The molecule has 0 aromatic heterocycles. The summed E-state index contributed by atoms with van der Waals surface area (Å²) in [5, 5.41) is 8.11. The zero-order valence-electron chi connectivity index (χ0n) is 5.79. The minimum absolute atomic E-state index is 0.0865. The van der Waals surface area contributed by atoms with Crippen molar-refractivity contribution in [1.29, 1.82) is 0 Å². The van der Waals surface area contributed by atoms with E-state index in [1.807, 2.05) is 0 Å². The molecule has 0 saturated carbocycles. The van der Waals surface area contributed by atoms with Gasteiger partial charge in [-0.3, -0.25) is 0 Å². The van der Waals surface area contributed by atoms with Crippen molar-refractivity contribution >= 4 is 5.97 Å². The van der Waals surface area contributed by atoms with Crippen LogP contribution in [-0.4, -0.2) is 24.5 Å². The summed E-state index contributed by atoms with van der Waals surface area (Å²) in [5.74, 6) is -0.819. The fourth-order valence-electron chi connectivity index (χ4n) is 0.372. The molecule has 0 saturated heterocycles. The van der Waals surface area contributed by atoms with Gasteiger partial charge in [-0.05, 0) is 13.5 Å². The zero-order valence-corrected chi connectivity index (χ0v) is 5.79. The predicted octanol–water partition coefficient (Wildman–Crippen LogP) is 0.0296. The topological polar surface area (TPSA) is 55.8 Å². The standard InChI is InChI=1S/C6H10O4/c1-3-9-5(2)6(8)10-4-7/h7H,2-4H2,1H3. The Morgan fingerprint density at radius 3 is 2.60 bits per heavy atom. The van der Waals surface area contributed by atoms with Gasteiger partial charge in [0, 0.05) is 0 Å². The molecule has 0 aliphatic rings. The molecule has 0 rings (SSSR count). The lowest BCUT2D eigenvalue weighted by Crippen LogP contribution is -2.10. The summed E-state index contributed by atoms with van der Waals surface area (Å²) in [6.07, 6.45) is 0. The van der Waals surface area contributed by atoms with Crippen molar-refractivity contribution in [3.8, 4) is 0 Å². The van der Waals surface area contributed by atoms with E-state index in [9.17, 15) is 4.79 Å². The molecule has 0 atom stereocenters. The highest BCUT2D eigenvalue weighted by Crippen LogP contribution is 1.95. The third-order valence-electron chi connectivity index (χ3n) is 0.742. The number of hydrogen-bond donors (Lipinski definition) is 1. The molecule has 4 heteroatoms. The van der Waals surface area contributed by atoms with Gasteiger partial charge in [0.05, 0.1) is 6.61 Å². The van der Waals surface area contributed by atoms with E-state index >= 15 is 0 Å². The lowest BCUT2D eigenvalue weighted by molar-refractivity contribution is -0.150. The molecule has 1 N–H and O–H groups in total. The SMILES string of the molecule is C=C(OCC)C(=O)OCO. The van der Waals surface area contributed by atoms with E-state index in [0.717, 1.165) is 0 Å². The maximum absolute atomic E-state index is 10.5. The van der Waals surface area contributed by atoms with Crippen LogP contribution >= 0.6 is 0 Å². The summed E-state index contributed by atoms with van der Waals surface area (Å²) < 4.78 is 8.82. The summed E-state index contributed by atoms with van der Waals surface area (Å²) >= 11 is 0. The van der Waals surface area contributed by atoms with Crippen molar-refractivity contribution in [2.45, 2.75) is 6.92 Å². The van der Waals surface area contributed by atoms with E-state index < -0.39 is 12.8 Å². The number of rotatable bonds is 4. The van der Waals surface area contributed by atoms with Crippen LogP contribution in [0.2, 0.25) is 0 Å². The van der Waals surface area contributed by atoms with Gasteiger partial charge < -0.3 is 14.6 Å². The Bertz CT molecular complexity index is 114. The Kier molecular flexibility index (Phi) is 4.32. The van der Waals surface area contributed by atoms with Gasteiger partial charge in [-0.25, -0.2) is 4.79 Å². The van der Waals surface area contributed by atoms with Crippen molar-refractivity contribution in [2.75, 3.05) is 13.4 Å². The molecule has 58 valence electrons. The summed E-state index contributed by atoms with van der Waals surface area (Å²) in [6.45, 7) is 4.69. The molecule has 0 fully saturated rings. The Morgan fingerprint density at radius 2 is 2.20 bits per heavy atom. The van der Waals surface area contributed by atoms with Gasteiger partial charge in [0.15, 0.2) is 12.6 Å². The first-order valence-electron chi connectivity index (χ1n) is 2.82. The molecule has 0 amide bonds. The summed E-state index contributed by atoms with van der Waals surface area (Å²) in [7, 11) is 0. The molecule has 0 aliphatic heterocycles. The first kappa shape index (κ1) is 8.97. The van der Waals surface area contributed by atoms with Crippen LogP contribution in [0.15, 0.2) is 12.3 Å². The fraction of sp³-hybridized carbons (Fsp3) is 0.500. The number of esters is 1. The lowest BCUT2D eigenvalue weighted by atomic mass is 10.6. The maximum atomic E-state index is 10.5. The number of hydrogen-bond acceptors (Lipinski definition) is 4. The largest absolute Gasteiger partial charge is 0.487 e. The normalized spacial score (nSPS) is 8.60. The number of aliphatic hydroxyl groups excluding tert-OH is 1. The molecule has 0 unspecified atom stereocenters. The number of aliphatic hydroxyl groups is 1. The highest BCUT2D eigenvalue weighted by atomic mass is 16.6. The lowest BCUT2D eigenvalue weighted by Gasteiger charge is -2.03. The highest BCUT2D eigenvalue weighted by Gasteiger charge is 2.06. The van der Waals surface area contributed by atoms with Crippen molar-refractivity contribution in [2.24, 2.45) is 0 Å². The Balaban J connectivity index is 3.60. The number of ether oxygens (including phenoxy) is 2. The molecule has 0 bridgehead atoms. The zero-order chi connectivity index (χ0) is 7.98. The minimum atomic E-state index is -0.732. The number of carbonyl (C=O) groups excluding carboxylic acids is 1. The average molecular weight is 146 g/mol. The van der Waals surface area contributed by atoms with Crippen LogP contribution in [0.1, 0.15) is 6.92 Å². The molecular formula is C6H10O4. The van der Waals surface area contributed by atoms with Crippen LogP contribution < -0.4 is 0 Å². The van der Waals surface area contributed by atoms with Gasteiger partial charge in [0.25, 0.3) is 0 Å². The fourth-order valence-corrected chi connectivity index (χ4v) is 0.372. The van der Waals surface area contributed by atoms with Crippen LogP contribution in [-0.2, 0) is 14.3 Å². The summed E-state index contributed by atoms with van der Waals surface area (Å²) in [5.41, 5.74) is 0. The quantitative estimate of drug-likeness (QED) is 0.263.